The number of carbonyl (C=O) groups excluding carboxylic acids is 1. The van der Waals surface area contributed by atoms with E-state index in [0.717, 1.165) is 3.57 Å². The van der Waals surface area contributed by atoms with Crippen LogP contribution in [0.2, 0.25) is 5.28 Å². The van der Waals surface area contributed by atoms with Crippen LogP contribution in [-0.4, -0.2) is 20.5 Å². The Morgan fingerprint density at radius 2 is 2.31 bits per heavy atom. The van der Waals surface area contributed by atoms with E-state index in [0.29, 0.717) is 17.6 Å². The standard InChI is InChI=1S/C9H7ClIN3O2/c1-2-14-3-4(11)5-7(14)6(8(15)16)13-9(10)12-5/h3H,2H2,1H3,(H,15,16)/p-1. The van der Waals surface area contributed by atoms with Gasteiger partial charge in [-0.1, -0.05) is 0 Å². The lowest BCUT2D eigenvalue weighted by Crippen LogP contribution is -2.24. The fraction of sp³-hybridized carbons (Fsp3) is 0.222. The first-order valence-corrected chi connectivity index (χ1v) is 5.93. The predicted molar refractivity (Wildman–Crippen MR) is 65.3 cm³/mol. The molecular weight excluding hydrogens is 344 g/mol. The maximum atomic E-state index is 11.0. The summed E-state index contributed by atoms with van der Waals surface area (Å²) in [7, 11) is 0. The van der Waals surface area contributed by atoms with Crippen molar-refractivity contribution < 1.29 is 9.90 Å². The lowest BCUT2D eigenvalue weighted by atomic mass is 10.3. The highest BCUT2D eigenvalue weighted by atomic mass is 127. The number of carboxylic acids is 1. The monoisotopic (exact) mass is 350 g/mol. The SMILES string of the molecule is CCn1cc(I)c2nc(Cl)nc(C(=O)[O-])c21. The third-order valence-corrected chi connectivity index (χ3v) is 3.13. The van der Waals surface area contributed by atoms with Crippen molar-refractivity contribution in [2.24, 2.45) is 0 Å². The summed E-state index contributed by atoms with van der Waals surface area (Å²) >= 11 is 7.74. The molecule has 2 aromatic rings. The van der Waals surface area contributed by atoms with Gasteiger partial charge >= 0.3 is 0 Å². The van der Waals surface area contributed by atoms with Crippen LogP contribution in [0.25, 0.3) is 11.0 Å². The van der Waals surface area contributed by atoms with Crippen molar-refractivity contribution in [3.8, 4) is 0 Å². The summed E-state index contributed by atoms with van der Waals surface area (Å²) in [6.45, 7) is 2.54. The van der Waals surface area contributed by atoms with E-state index >= 15 is 0 Å². The van der Waals surface area contributed by atoms with Crippen LogP contribution < -0.4 is 5.11 Å². The fourth-order valence-electron chi connectivity index (χ4n) is 1.52. The highest BCUT2D eigenvalue weighted by Gasteiger charge is 2.15. The number of nitrogens with zero attached hydrogens (tertiary/aromatic N) is 3. The normalized spacial score (nSPS) is 10.9. The highest BCUT2D eigenvalue weighted by molar-refractivity contribution is 14.1. The van der Waals surface area contributed by atoms with Crippen molar-refractivity contribution in [2.75, 3.05) is 0 Å². The number of fused-ring (bicyclic) bond motifs is 1. The molecular formula is C9H6ClIN3O2-. The molecule has 2 heterocycles. The summed E-state index contributed by atoms with van der Waals surface area (Å²) in [6, 6.07) is 0. The van der Waals surface area contributed by atoms with Crippen molar-refractivity contribution in [1.82, 2.24) is 14.5 Å². The molecule has 84 valence electrons. The van der Waals surface area contributed by atoms with Crippen molar-refractivity contribution in [2.45, 2.75) is 13.5 Å². The molecule has 0 aromatic carbocycles. The molecule has 16 heavy (non-hydrogen) atoms. The number of carboxylic acid groups (broad SMARTS) is 1. The van der Waals surface area contributed by atoms with E-state index in [4.69, 9.17) is 11.6 Å². The third kappa shape index (κ3) is 1.75. The van der Waals surface area contributed by atoms with Crippen LogP contribution in [0.5, 0.6) is 0 Å². The molecule has 0 N–H and O–H groups in total. The summed E-state index contributed by atoms with van der Waals surface area (Å²) < 4.78 is 2.60. The maximum absolute atomic E-state index is 11.0. The minimum Gasteiger partial charge on any atom is -0.543 e. The van der Waals surface area contributed by atoms with Gasteiger partial charge in [-0.05, 0) is 41.1 Å². The largest absolute Gasteiger partial charge is 0.543 e. The zero-order valence-corrected chi connectivity index (χ0v) is 11.1. The van der Waals surface area contributed by atoms with Crippen LogP contribution in [0, 0.1) is 3.57 Å². The van der Waals surface area contributed by atoms with E-state index < -0.39 is 5.97 Å². The molecule has 0 saturated carbocycles. The number of hydrogen-bond donors (Lipinski definition) is 0. The molecule has 0 aliphatic carbocycles. The van der Waals surface area contributed by atoms with Gasteiger partial charge in [0, 0.05) is 12.7 Å². The molecule has 0 amide bonds. The van der Waals surface area contributed by atoms with Gasteiger partial charge in [0.15, 0.2) is 0 Å². The van der Waals surface area contributed by atoms with Gasteiger partial charge in [0.25, 0.3) is 0 Å². The topological polar surface area (TPSA) is 70.8 Å². The van der Waals surface area contributed by atoms with Crippen LogP contribution in [0.1, 0.15) is 17.4 Å². The molecule has 7 heteroatoms. The molecule has 0 atom stereocenters. The molecule has 0 aliphatic rings. The average Bonchev–Trinajstić information content (AvgIpc) is 2.54. The van der Waals surface area contributed by atoms with Crippen molar-refractivity contribution in [3.05, 3.63) is 20.7 Å². The van der Waals surface area contributed by atoms with Gasteiger partial charge in [-0.2, -0.15) is 0 Å². The molecule has 0 spiro atoms. The van der Waals surface area contributed by atoms with E-state index in [1.165, 1.54) is 0 Å². The van der Waals surface area contributed by atoms with E-state index in [1.807, 2.05) is 13.1 Å². The summed E-state index contributed by atoms with van der Waals surface area (Å²) in [6.07, 6.45) is 1.81. The molecule has 0 radical (unpaired) electrons. The minimum absolute atomic E-state index is 0.0848. The number of rotatable bonds is 2. The zero-order valence-electron chi connectivity index (χ0n) is 8.20. The Morgan fingerprint density at radius 1 is 1.62 bits per heavy atom. The lowest BCUT2D eigenvalue weighted by molar-refractivity contribution is -0.255. The Morgan fingerprint density at radius 3 is 2.88 bits per heavy atom. The first kappa shape index (κ1) is 11.6. The molecule has 2 rings (SSSR count). The summed E-state index contributed by atoms with van der Waals surface area (Å²) in [5, 5.41) is 10.9. The van der Waals surface area contributed by atoms with Gasteiger partial charge in [0.05, 0.1) is 15.1 Å². The predicted octanol–water partition coefficient (Wildman–Crippen LogP) is 1.07. The number of aromatic carboxylic acids is 1. The number of carbonyl (C=O) groups is 1. The fourth-order valence-corrected chi connectivity index (χ4v) is 2.40. The highest BCUT2D eigenvalue weighted by Crippen LogP contribution is 2.24. The van der Waals surface area contributed by atoms with Crippen molar-refractivity contribution >= 4 is 51.2 Å². The van der Waals surface area contributed by atoms with Gasteiger partial charge in [-0.3, -0.25) is 0 Å². The molecule has 2 aromatic heterocycles. The Hall–Kier alpha value is -0.890. The van der Waals surface area contributed by atoms with Crippen LogP contribution in [0.4, 0.5) is 0 Å². The van der Waals surface area contributed by atoms with E-state index in [9.17, 15) is 9.90 Å². The molecule has 5 nitrogen and oxygen atoms in total. The Balaban J connectivity index is 2.92. The Kier molecular flexibility index (Phi) is 3.02. The summed E-state index contributed by atoms with van der Waals surface area (Å²) in [5.41, 5.74) is 0.831. The molecule has 0 aliphatic heterocycles. The van der Waals surface area contributed by atoms with E-state index in [2.05, 4.69) is 32.6 Å². The van der Waals surface area contributed by atoms with Crippen LogP contribution in [0.3, 0.4) is 0 Å². The molecule has 0 bridgehead atoms. The van der Waals surface area contributed by atoms with Gasteiger partial charge in [-0.15, -0.1) is 0 Å². The van der Waals surface area contributed by atoms with Crippen LogP contribution in [-0.2, 0) is 6.54 Å². The molecule has 0 fully saturated rings. The van der Waals surface area contributed by atoms with Gasteiger partial charge in [0.2, 0.25) is 5.28 Å². The van der Waals surface area contributed by atoms with E-state index in [-0.39, 0.29) is 11.0 Å². The number of aromatic nitrogens is 3. The molecule has 0 saturated heterocycles. The molecule has 0 unspecified atom stereocenters. The second kappa shape index (κ2) is 4.17. The number of hydrogen-bond acceptors (Lipinski definition) is 4. The van der Waals surface area contributed by atoms with Crippen molar-refractivity contribution in [3.63, 3.8) is 0 Å². The second-order valence-electron chi connectivity index (χ2n) is 3.09. The van der Waals surface area contributed by atoms with Crippen LogP contribution >= 0.6 is 34.2 Å². The Labute approximate surface area is 110 Å². The number of halogens is 2. The first-order valence-electron chi connectivity index (χ1n) is 4.47. The van der Waals surface area contributed by atoms with Gasteiger partial charge in [0.1, 0.15) is 11.2 Å². The lowest BCUT2D eigenvalue weighted by Gasteiger charge is -2.07. The summed E-state index contributed by atoms with van der Waals surface area (Å²) in [4.78, 5) is 18.7. The Bertz CT molecular complexity index is 582. The van der Waals surface area contributed by atoms with Gasteiger partial charge in [-0.25, -0.2) is 9.97 Å². The quantitative estimate of drug-likeness (QED) is 0.600. The van der Waals surface area contributed by atoms with Crippen molar-refractivity contribution in [1.29, 1.82) is 0 Å². The zero-order chi connectivity index (χ0) is 11.9. The van der Waals surface area contributed by atoms with Crippen LogP contribution in [0.15, 0.2) is 6.20 Å². The smallest absolute Gasteiger partial charge is 0.223 e. The summed E-state index contributed by atoms with van der Waals surface area (Å²) in [5.74, 6) is -1.35. The average molecular weight is 351 g/mol. The maximum Gasteiger partial charge on any atom is 0.223 e. The van der Waals surface area contributed by atoms with E-state index in [1.54, 1.807) is 4.57 Å². The number of aryl methyl sites for hydroxylation is 1. The first-order chi connectivity index (χ1) is 7.54. The second-order valence-corrected chi connectivity index (χ2v) is 4.59. The minimum atomic E-state index is -1.35. The van der Waals surface area contributed by atoms with Gasteiger partial charge < -0.3 is 14.5 Å². The third-order valence-electron chi connectivity index (χ3n) is 2.17.